The van der Waals surface area contributed by atoms with Gasteiger partial charge in [-0.2, -0.15) is 0 Å². The zero-order valence-corrected chi connectivity index (χ0v) is 12.8. The van der Waals surface area contributed by atoms with Crippen LogP contribution in [0.25, 0.3) is 0 Å². The van der Waals surface area contributed by atoms with E-state index < -0.39 is 0 Å². The predicted molar refractivity (Wildman–Crippen MR) is 78.8 cm³/mol. The van der Waals surface area contributed by atoms with Gasteiger partial charge in [-0.25, -0.2) is 0 Å². The standard InChI is InChI=1S/C16H32N2/c1-5-13(4)16-11-18(10-14-6-7-14)15(9-17-16)8-12(2)3/h12-17H,5-11H2,1-4H3. The third kappa shape index (κ3) is 3.96. The third-order valence-electron chi connectivity index (χ3n) is 4.83. The molecule has 3 unspecified atom stereocenters. The summed E-state index contributed by atoms with van der Waals surface area (Å²) < 4.78 is 0. The van der Waals surface area contributed by atoms with Crippen molar-refractivity contribution in [2.24, 2.45) is 17.8 Å². The van der Waals surface area contributed by atoms with Crippen molar-refractivity contribution in [1.82, 2.24) is 10.2 Å². The smallest absolute Gasteiger partial charge is 0.0223 e. The van der Waals surface area contributed by atoms with Crippen molar-refractivity contribution in [3.8, 4) is 0 Å². The van der Waals surface area contributed by atoms with Crippen molar-refractivity contribution in [2.75, 3.05) is 19.6 Å². The van der Waals surface area contributed by atoms with Gasteiger partial charge in [-0.1, -0.05) is 34.1 Å². The topological polar surface area (TPSA) is 15.3 Å². The molecule has 2 heteroatoms. The molecule has 0 aromatic heterocycles. The van der Waals surface area contributed by atoms with Crippen molar-refractivity contribution in [2.45, 2.75) is 65.5 Å². The van der Waals surface area contributed by atoms with Gasteiger partial charge in [0.25, 0.3) is 0 Å². The van der Waals surface area contributed by atoms with Crippen molar-refractivity contribution >= 4 is 0 Å². The van der Waals surface area contributed by atoms with Gasteiger partial charge in [0.1, 0.15) is 0 Å². The van der Waals surface area contributed by atoms with Gasteiger partial charge in [0.05, 0.1) is 0 Å². The lowest BCUT2D eigenvalue weighted by atomic mass is 9.92. The fraction of sp³-hybridized carbons (Fsp3) is 1.00. The molecule has 1 aliphatic heterocycles. The summed E-state index contributed by atoms with van der Waals surface area (Å²) in [5.41, 5.74) is 0. The van der Waals surface area contributed by atoms with Crippen LogP contribution < -0.4 is 5.32 Å². The lowest BCUT2D eigenvalue weighted by Gasteiger charge is -2.43. The van der Waals surface area contributed by atoms with E-state index in [2.05, 4.69) is 37.9 Å². The molecule has 0 spiro atoms. The Bertz CT molecular complexity index is 247. The summed E-state index contributed by atoms with van der Waals surface area (Å²) in [4.78, 5) is 2.81. The summed E-state index contributed by atoms with van der Waals surface area (Å²) in [6, 6.07) is 1.50. The van der Waals surface area contributed by atoms with Crippen LogP contribution in [-0.4, -0.2) is 36.6 Å². The van der Waals surface area contributed by atoms with Crippen LogP contribution in [0, 0.1) is 17.8 Å². The van der Waals surface area contributed by atoms with E-state index in [9.17, 15) is 0 Å². The van der Waals surface area contributed by atoms with Gasteiger partial charge in [-0.05, 0) is 37.0 Å². The van der Waals surface area contributed by atoms with Crippen molar-refractivity contribution in [3.05, 3.63) is 0 Å². The second-order valence-electron chi connectivity index (χ2n) is 7.08. The molecule has 0 bridgehead atoms. The maximum atomic E-state index is 3.81. The molecule has 2 nitrogen and oxygen atoms in total. The molecule has 1 aliphatic carbocycles. The lowest BCUT2D eigenvalue weighted by Crippen LogP contribution is -2.59. The number of nitrogens with one attached hydrogen (secondary N) is 1. The van der Waals surface area contributed by atoms with E-state index >= 15 is 0 Å². The second kappa shape index (κ2) is 6.38. The summed E-state index contributed by atoms with van der Waals surface area (Å²) in [7, 11) is 0. The van der Waals surface area contributed by atoms with Crippen molar-refractivity contribution < 1.29 is 0 Å². The minimum atomic E-state index is 0.720. The zero-order valence-electron chi connectivity index (χ0n) is 12.8. The van der Waals surface area contributed by atoms with E-state index in [0.29, 0.717) is 0 Å². The molecule has 3 atom stereocenters. The molecule has 2 rings (SSSR count). The Labute approximate surface area is 114 Å². The minimum absolute atomic E-state index is 0.720. The molecular formula is C16H32N2. The quantitative estimate of drug-likeness (QED) is 0.781. The Morgan fingerprint density at radius 1 is 1.22 bits per heavy atom. The maximum Gasteiger partial charge on any atom is 0.0223 e. The van der Waals surface area contributed by atoms with E-state index in [-0.39, 0.29) is 0 Å². The first kappa shape index (κ1) is 14.3. The van der Waals surface area contributed by atoms with E-state index in [4.69, 9.17) is 0 Å². The van der Waals surface area contributed by atoms with Gasteiger partial charge in [0.2, 0.25) is 0 Å². The average molecular weight is 252 g/mol. The van der Waals surface area contributed by atoms with Crippen LogP contribution >= 0.6 is 0 Å². The van der Waals surface area contributed by atoms with Crippen LogP contribution in [0.15, 0.2) is 0 Å². The maximum absolute atomic E-state index is 3.81. The molecule has 106 valence electrons. The Morgan fingerprint density at radius 2 is 1.94 bits per heavy atom. The highest BCUT2D eigenvalue weighted by molar-refractivity contribution is 4.91. The number of hydrogen-bond acceptors (Lipinski definition) is 2. The minimum Gasteiger partial charge on any atom is -0.311 e. The fourth-order valence-electron chi connectivity index (χ4n) is 3.18. The SMILES string of the molecule is CCC(C)C1CN(CC2CC2)C(CC(C)C)CN1. The Morgan fingerprint density at radius 3 is 2.50 bits per heavy atom. The van der Waals surface area contributed by atoms with Gasteiger partial charge in [0.15, 0.2) is 0 Å². The van der Waals surface area contributed by atoms with Gasteiger partial charge in [-0.15, -0.1) is 0 Å². The van der Waals surface area contributed by atoms with Crippen LogP contribution in [0.4, 0.5) is 0 Å². The first-order valence-electron chi connectivity index (χ1n) is 8.07. The molecule has 1 saturated carbocycles. The van der Waals surface area contributed by atoms with Gasteiger partial charge in [0, 0.05) is 31.7 Å². The normalized spacial score (nSPS) is 31.8. The molecule has 0 aromatic rings. The van der Waals surface area contributed by atoms with Crippen LogP contribution in [0.1, 0.15) is 53.4 Å². The van der Waals surface area contributed by atoms with Crippen LogP contribution in [0.5, 0.6) is 0 Å². The number of hydrogen-bond donors (Lipinski definition) is 1. The highest BCUT2D eigenvalue weighted by atomic mass is 15.2. The molecule has 0 amide bonds. The molecule has 0 aromatic carbocycles. The Kier molecular flexibility index (Phi) is 5.08. The summed E-state index contributed by atoms with van der Waals surface area (Å²) in [6.07, 6.45) is 5.61. The average Bonchev–Trinajstić information content (AvgIpc) is 3.13. The molecule has 2 fully saturated rings. The fourth-order valence-corrected chi connectivity index (χ4v) is 3.18. The highest BCUT2D eigenvalue weighted by Gasteiger charge is 2.34. The summed E-state index contributed by atoms with van der Waals surface area (Å²) >= 11 is 0. The molecule has 1 heterocycles. The number of piperazine rings is 1. The first-order valence-corrected chi connectivity index (χ1v) is 8.07. The number of nitrogens with zero attached hydrogens (tertiary/aromatic N) is 1. The molecular weight excluding hydrogens is 220 g/mol. The van der Waals surface area contributed by atoms with Gasteiger partial charge < -0.3 is 5.32 Å². The van der Waals surface area contributed by atoms with Crippen LogP contribution in [0.2, 0.25) is 0 Å². The monoisotopic (exact) mass is 252 g/mol. The van der Waals surface area contributed by atoms with E-state index in [1.807, 2.05) is 0 Å². The Hall–Kier alpha value is -0.0800. The lowest BCUT2D eigenvalue weighted by molar-refractivity contribution is 0.0912. The second-order valence-corrected chi connectivity index (χ2v) is 7.08. The number of rotatable bonds is 6. The van der Waals surface area contributed by atoms with E-state index in [1.165, 1.54) is 45.3 Å². The summed E-state index contributed by atoms with van der Waals surface area (Å²) in [6.45, 7) is 13.3. The largest absolute Gasteiger partial charge is 0.311 e. The van der Waals surface area contributed by atoms with Crippen LogP contribution in [0.3, 0.4) is 0 Å². The molecule has 1 saturated heterocycles. The highest BCUT2D eigenvalue weighted by Crippen LogP contribution is 2.32. The third-order valence-corrected chi connectivity index (χ3v) is 4.83. The van der Waals surface area contributed by atoms with Crippen molar-refractivity contribution in [1.29, 1.82) is 0 Å². The molecule has 2 aliphatic rings. The predicted octanol–water partition coefficient (Wildman–Crippen LogP) is 3.13. The molecule has 18 heavy (non-hydrogen) atoms. The summed E-state index contributed by atoms with van der Waals surface area (Å²) in [5, 5.41) is 3.81. The molecule has 1 N–H and O–H groups in total. The van der Waals surface area contributed by atoms with E-state index in [0.717, 1.165) is 29.8 Å². The van der Waals surface area contributed by atoms with Crippen molar-refractivity contribution in [3.63, 3.8) is 0 Å². The first-order chi connectivity index (χ1) is 8.60. The Balaban J connectivity index is 1.91. The summed E-state index contributed by atoms with van der Waals surface area (Å²) in [5.74, 6) is 2.65. The van der Waals surface area contributed by atoms with Gasteiger partial charge in [-0.3, -0.25) is 4.90 Å². The van der Waals surface area contributed by atoms with Crippen LogP contribution in [-0.2, 0) is 0 Å². The molecule has 0 radical (unpaired) electrons. The zero-order chi connectivity index (χ0) is 13.1. The van der Waals surface area contributed by atoms with Gasteiger partial charge >= 0.3 is 0 Å². The van der Waals surface area contributed by atoms with E-state index in [1.54, 1.807) is 0 Å².